The Labute approximate surface area is 134 Å². The first-order chi connectivity index (χ1) is 10.6. The number of aryl methyl sites for hydroxylation is 1. The maximum atomic E-state index is 12.6. The molecule has 1 aliphatic rings. The number of pyridine rings is 1. The molecule has 0 radical (unpaired) electrons. The van der Waals surface area contributed by atoms with Crippen molar-refractivity contribution in [3.8, 4) is 5.75 Å². The number of ether oxygens (including phenoxy) is 1. The number of rotatable bonds is 4. The van der Waals surface area contributed by atoms with E-state index in [-0.39, 0.29) is 6.10 Å². The average Bonchev–Trinajstić information content (AvgIpc) is 2.96. The van der Waals surface area contributed by atoms with Gasteiger partial charge >= 0.3 is 0 Å². The molecule has 0 aromatic carbocycles. The van der Waals surface area contributed by atoms with Crippen molar-refractivity contribution in [2.45, 2.75) is 30.1 Å². The second-order valence-electron chi connectivity index (χ2n) is 5.28. The molecule has 1 saturated heterocycles. The third-order valence-corrected chi connectivity index (χ3v) is 7.01. The highest BCUT2D eigenvalue weighted by Crippen LogP contribution is 2.27. The highest BCUT2D eigenvalue weighted by molar-refractivity contribution is 7.91. The smallest absolute Gasteiger partial charge is 0.252 e. The van der Waals surface area contributed by atoms with Crippen molar-refractivity contribution in [3.05, 3.63) is 41.5 Å². The first-order valence-electron chi connectivity index (χ1n) is 7.19. The molecule has 0 saturated carbocycles. The van der Waals surface area contributed by atoms with Gasteiger partial charge in [0.05, 0.1) is 6.20 Å². The number of thiophene rings is 1. The SMILES string of the molecule is Cc1ccc(S(=O)(=O)N2CCC(Oc3cccnc3)CC2)s1. The summed E-state index contributed by atoms with van der Waals surface area (Å²) in [4.78, 5) is 5.02. The van der Waals surface area contributed by atoms with Crippen LogP contribution in [0.1, 0.15) is 17.7 Å². The third kappa shape index (κ3) is 3.31. The highest BCUT2D eigenvalue weighted by atomic mass is 32.2. The second kappa shape index (κ2) is 6.36. The predicted molar refractivity (Wildman–Crippen MR) is 85.7 cm³/mol. The summed E-state index contributed by atoms with van der Waals surface area (Å²) in [7, 11) is -3.35. The number of hydrogen-bond donors (Lipinski definition) is 0. The standard InChI is InChI=1S/C15H18N2O3S2/c1-12-4-5-15(21-12)22(18,19)17-9-6-13(7-10-17)20-14-3-2-8-16-11-14/h2-5,8,11,13H,6-7,9-10H2,1H3. The van der Waals surface area contributed by atoms with E-state index in [0.29, 0.717) is 30.1 Å². The van der Waals surface area contributed by atoms with Gasteiger partial charge in [0, 0.05) is 24.2 Å². The van der Waals surface area contributed by atoms with Crippen LogP contribution >= 0.6 is 11.3 Å². The molecule has 2 aromatic heterocycles. The van der Waals surface area contributed by atoms with Crippen LogP contribution < -0.4 is 4.74 Å². The van der Waals surface area contributed by atoms with Crippen molar-refractivity contribution in [1.29, 1.82) is 0 Å². The zero-order valence-corrected chi connectivity index (χ0v) is 13.9. The summed E-state index contributed by atoms with van der Waals surface area (Å²) in [6.45, 7) is 2.89. The van der Waals surface area contributed by atoms with Gasteiger partial charge in [0.25, 0.3) is 10.0 Å². The van der Waals surface area contributed by atoms with Crippen molar-refractivity contribution < 1.29 is 13.2 Å². The van der Waals surface area contributed by atoms with E-state index in [1.165, 1.54) is 11.3 Å². The molecule has 0 amide bonds. The van der Waals surface area contributed by atoms with Crippen LogP contribution in [0.25, 0.3) is 0 Å². The summed E-state index contributed by atoms with van der Waals surface area (Å²) >= 11 is 1.32. The fourth-order valence-corrected chi connectivity index (χ4v) is 5.38. The van der Waals surface area contributed by atoms with Gasteiger partial charge in [-0.3, -0.25) is 4.98 Å². The fourth-order valence-electron chi connectivity index (χ4n) is 2.48. The Morgan fingerprint density at radius 3 is 2.64 bits per heavy atom. The first kappa shape index (κ1) is 15.5. The van der Waals surface area contributed by atoms with E-state index in [2.05, 4.69) is 4.98 Å². The molecular formula is C15H18N2O3S2. The highest BCUT2D eigenvalue weighted by Gasteiger charge is 2.31. The Bertz CT molecular complexity index is 720. The molecule has 0 spiro atoms. The quantitative estimate of drug-likeness (QED) is 0.860. The van der Waals surface area contributed by atoms with E-state index in [9.17, 15) is 8.42 Å². The van der Waals surface area contributed by atoms with E-state index in [0.717, 1.165) is 10.6 Å². The molecule has 0 aliphatic carbocycles. The lowest BCUT2D eigenvalue weighted by molar-refractivity contribution is 0.135. The van der Waals surface area contributed by atoms with Gasteiger partial charge in [-0.05, 0) is 44.0 Å². The van der Waals surface area contributed by atoms with Gasteiger partial charge < -0.3 is 4.74 Å². The van der Waals surface area contributed by atoms with Crippen molar-refractivity contribution in [2.75, 3.05) is 13.1 Å². The molecule has 0 unspecified atom stereocenters. The van der Waals surface area contributed by atoms with E-state index in [1.54, 1.807) is 22.8 Å². The van der Waals surface area contributed by atoms with Crippen LogP contribution in [0.5, 0.6) is 5.75 Å². The molecular weight excluding hydrogens is 320 g/mol. The topological polar surface area (TPSA) is 59.5 Å². The number of aromatic nitrogens is 1. The van der Waals surface area contributed by atoms with Crippen LogP contribution in [0.4, 0.5) is 0 Å². The van der Waals surface area contributed by atoms with E-state index >= 15 is 0 Å². The maximum Gasteiger partial charge on any atom is 0.252 e. The Morgan fingerprint density at radius 1 is 1.27 bits per heavy atom. The predicted octanol–water partition coefficient (Wildman–Crippen LogP) is 2.68. The first-order valence-corrected chi connectivity index (χ1v) is 9.44. The molecule has 5 nitrogen and oxygen atoms in total. The van der Waals surface area contributed by atoms with Crippen LogP contribution in [0.15, 0.2) is 40.9 Å². The minimum absolute atomic E-state index is 0.0423. The molecule has 3 rings (SSSR count). The minimum atomic E-state index is -3.35. The number of sulfonamides is 1. The van der Waals surface area contributed by atoms with Gasteiger partial charge in [-0.25, -0.2) is 8.42 Å². The molecule has 1 fully saturated rings. The second-order valence-corrected chi connectivity index (χ2v) is 8.73. The summed E-state index contributed by atoms with van der Waals surface area (Å²) in [5.41, 5.74) is 0. The van der Waals surface area contributed by atoms with E-state index < -0.39 is 10.0 Å². The Hall–Kier alpha value is -1.44. The zero-order valence-electron chi connectivity index (χ0n) is 12.3. The van der Waals surface area contributed by atoms with Gasteiger partial charge in [0.1, 0.15) is 16.1 Å². The molecule has 7 heteroatoms. The summed E-state index contributed by atoms with van der Waals surface area (Å²) in [6.07, 6.45) is 4.81. The molecule has 0 atom stereocenters. The van der Waals surface area contributed by atoms with Crippen molar-refractivity contribution in [1.82, 2.24) is 9.29 Å². The van der Waals surface area contributed by atoms with Gasteiger partial charge in [0.15, 0.2) is 0 Å². The van der Waals surface area contributed by atoms with Crippen molar-refractivity contribution >= 4 is 21.4 Å². The van der Waals surface area contributed by atoms with Crippen LogP contribution in [-0.2, 0) is 10.0 Å². The van der Waals surface area contributed by atoms with Crippen molar-refractivity contribution in [2.24, 2.45) is 0 Å². The normalized spacial score (nSPS) is 17.5. The summed E-state index contributed by atoms with van der Waals surface area (Å²) in [5, 5.41) is 0. The molecule has 1 aliphatic heterocycles. The monoisotopic (exact) mass is 338 g/mol. The summed E-state index contributed by atoms with van der Waals surface area (Å²) in [6, 6.07) is 7.22. The molecule has 118 valence electrons. The third-order valence-electron chi connectivity index (χ3n) is 3.65. The summed E-state index contributed by atoms with van der Waals surface area (Å²) in [5.74, 6) is 0.734. The van der Waals surface area contributed by atoms with Crippen LogP contribution in [0.2, 0.25) is 0 Å². The lowest BCUT2D eigenvalue weighted by Gasteiger charge is -2.31. The van der Waals surface area contributed by atoms with Gasteiger partial charge in [0.2, 0.25) is 0 Å². The molecule has 0 N–H and O–H groups in total. The maximum absolute atomic E-state index is 12.6. The zero-order chi connectivity index (χ0) is 15.6. The van der Waals surface area contributed by atoms with Crippen LogP contribution in [0.3, 0.4) is 0 Å². The number of piperidine rings is 1. The Kier molecular flexibility index (Phi) is 4.46. The largest absolute Gasteiger partial charge is 0.489 e. The van der Waals surface area contributed by atoms with Gasteiger partial charge in [-0.15, -0.1) is 11.3 Å². The minimum Gasteiger partial charge on any atom is -0.489 e. The molecule has 3 heterocycles. The van der Waals surface area contributed by atoms with Crippen LogP contribution in [0, 0.1) is 6.92 Å². The Morgan fingerprint density at radius 2 is 2.05 bits per heavy atom. The fraction of sp³-hybridized carbons (Fsp3) is 0.400. The summed E-state index contributed by atoms with van der Waals surface area (Å²) < 4.78 is 32.9. The number of nitrogens with zero attached hydrogens (tertiary/aromatic N) is 2. The molecule has 22 heavy (non-hydrogen) atoms. The lowest BCUT2D eigenvalue weighted by Crippen LogP contribution is -2.41. The van der Waals surface area contributed by atoms with Crippen LogP contribution in [-0.4, -0.2) is 36.9 Å². The van der Waals surface area contributed by atoms with E-state index in [1.807, 2.05) is 25.1 Å². The van der Waals surface area contributed by atoms with Gasteiger partial charge in [-0.1, -0.05) is 0 Å². The Balaban J connectivity index is 1.62. The molecule has 0 bridgehead atoms. The molecule has 2 aromatic rings. The number of hydrogen-bond acceptors (Lipinski definition) is 5. The average molecular weight is 338 g/mol. The lowest BCUT2D eigenvalue weighted by atomic mass is 10.1. The van der Waals surface area contributed by atoms with Crippen molar-refractivity contribution in [3.63, 3.8) is 0 Å². The van der Waals surface area contributed by atoms with Gasteiger partial charge in [-0.2, -0.15) is 4.31 Å². The van der Waals surface area contributed by atoms with E-state index in [4.69, 9.17) is 4.74 Å².